The number of fused-ring (bicyclic) bond motifs is 1. The molecule has 5 nitrogen and oxygen atoms in total. The van der Waals surface area contributed by atoms with Crippen LogP contribution in [0.5, 0.6) is 0 Å². The van der Waals surface area contributed by atoms with Gasteiger partial charge in [0.1, 0.15) is 0 Å². The average molecular weight is 339 g/mol. The van der Waals surface area contributed by atoms with Crippen LogP contribution in [0.4, 0.5) is 10.5 Å². The third-order valence-electron chi connectivity index (χ3n) is 3.97. The molecule has 2 aliphatic rings. The van der Waals surface area contributed by atoms with Gasteiger partial charge < -0.3 is 20.4 Å². The lowest BCUT2D eigenvalue weighted by molar-refractivity contribution is 0.197. The molecule has 6 heteroatoms. The van der Waals surface area contributed by atoms with E-state index in [4.69, 9.17) is 0 Å². The number of benzene rings is 1. The van der Waals surface area contributed by atoms with E-state index >= 15 is 0 Å². The molecule has 1 aromatic rings. The first-order chi connectivity index (χ1) is 9.69. The number of piperazine rings is 1. The molecule has 1 atom stereocenters. The molecule has 0 aromatic heterocycles. The first-order valence-corrected chi connectivity index (χ1v) is 7.71. The highest BCUT2D eigenvalue weighted by Gasteiger charge is 2.35. The standard InChI is InChI=1S/C14H19BrN4O/c1-16-7-10-2-3-13(12(15)6-10)18-4-5-19-11(9-18)8-17-14(19)20/h2-3,6,11,16H,4-5,7-9H2,1H3,(H,17,20). The number of halogens is 1. The molecule has 0 spiro atoms. The minimum Gasteiger partial charge on any atom is -0.367 e. The highest BCUT2D eigenvalue weighted by atomic mass is 79.9. The van der Waals surface area contributed by atoms with Gasteiger partial charge in [0.15, 0.2) is 0 Å². The predicted octanol–water partition coefficient (Wildman–Crippen LogP) is 1.38. The normalized spacial score (nSPS) is 21.9. The number of urea groups is 1. The van der Waals surface area contributed by atoms with Crippen LogP contribution in [0.15, 0.2) is 22.7 Å². The van der Waals surface area contributed by atoms with Crippen molar-refractivity contribution in [1.29, 1.82) is 0 Å². The Bertz CT molecular complexity index is 522. The summed E-state index contributed by atoms with van der Waals surface area (Å²) < 4.78 is 1.12. The maximum Gasteiger partial charge on any atom is 0.317 e. The first-order valence-electron chi connectivity index (χ1n) is 6.91. The molecule has 0 saturated carbocycles. The minimum absolute atomic E-state index is 0.0816. The summed E-state index contributed by atoms with van der Waals surface area (Å²) >= 11 is 3.67. The molecule has 2 N–H and O–H groups in total. The second-order valence-electron chi connectivity index (χ2n) is 5.30. The molecule has 0 aliphatic carbocycles. The summed E-state index contributed by atoms with van der Waals surface area (Å²) in [6, 6.07) is 6.85. The number of nitrogens with one attached hydrogen (secondary N) is 2. The molecule has 108 valence electrons. The summed E-state index contributed by atoms with van der Waals surface area (Å²) in [5, 5.41) is 6.07. The van der Waals surface area contributed by atoms with Gasteiger partial charge >= 0.3 is 6.03 Å². The van der Waals surface area contributed by atoms with Gasteiger partial charge in [-0.15, -0.1) is 0 Å². The Kier molecular flexibility index (Phi) is 3.85. The molecule has 3 rings (SSSR count). The van der Waals surface area contributed by atoms with E-state index in [1.54, 1.807) is 0 Å². The van der Waals surface area contributed by atoms with Crippen LogP contribution >= 0.6 is 15.9 Å². The highest BCUT2D eigenvalue weighted by molar-refractivity contribution is 9.10. The van der Waals surface area contributed by atoms with Crippen LogP contribution in [0.1, 0.15) is 5.56 Å². The molecule has 2 heterocycles. The quantitative estimate of drug-likeness (QED) is 0.875. The molecule has 0 radical (unpaired) electrons. The Labute approximate surface area is 127 Å². The number of carbonyl (C=O) groups is 1. The number of amides is 2. The van der Waals surface area contributed by atoms with Crippen LogP contribution in [0.2, 0.25) is 0 Å². The maximum atomic E-state index is 11.6. The zero-order valence-electron chi connectivity index (χ0n) is 11.5. The molecule has 0 bridgehead atoms. The van der Waals surface area contributed by atoms with Crippen LogP contribution in [0, 0.1) is 0 Å². The molecule has 2 fully saturated rings. The molecule has 1 unspecified atom stereocenters. The molecular weight excluding hydrogens is 320 g/mol. The molecule has 2 amide bonds. The fourth-order valence-electron chi connectivity index (χ4n) is 2.94. The SMILES string of the molecule is CNCc1ccc(N2CCN3C(=O)NCC3C2)c(Br)c1. The van der Waals surface area contributed by atoms with Gasteiger partial charge in [-0.3, -0.25) is 0 Å². The van der Waals surface area contributed by atoms with E-state index in [-0.39, 0.29) is 6.03 Å². The van der Waals surface area contributed by atoms with Gasteiger partial charge in [0.2, 0.25) is 0 Å². The topological polar surface area (TPSA) is 47.6 Å². The largest absolute Gasteiger partial charge is 0.367 e. The Hall–Kier alpha value is -1.27. The summed E-state index contributed by atoms with van der Waals surface area (Å²) in [5.41, 5.74) is 2.48. The Balaban J connectivity index is 1.75. The fourth-order valence-corrected chi connectivity index (χ4v) is 3.62. The summed E-state index contributed by atoms with van der Waals surface area (Å²) in [4.78, 5) is 15.9. The van der Waals surface area contributed by atoms with Gasteiger partial charge in [-0.05, 0) is 40.7 Å². The Morgan fingerprint density at radius 1 is 1.45 bits per heavy atom. The number of rotatable bonds is 3. The predicted molar refractivity (Wildman–Crippen MR) is 83.0 cm³/mol. The van der Waals surface area contributed by atoms with Gasteiger partial charge in [0, 0.05) is 37.2 Å². The molecule has 2 aliphatic heterocycles. The third kappa shape index (κ3) is 2.50. The molecule has 20 heavy (non-hydrogen) atoms. The van der Waals surface area contributed by atoms with E-state index < -0.39 is 0 Å². The van der Waals surface area contributed by atoms with Crippen LogP contribution < -0.4 is 15.5 Å². The van der Waals surface area contributed by atoms with E-state index in [9.17, 15) is 4.79 Å². The van der Waals surface area contributed by atoms with E-state index in [0.717, 1.165) is 37.2 Å². The number of nitrogens with zero attached hydrogens (tertiary/aromatic N) is 2. The van der Waals surface area contributed by atoms with Crippen molar-refractivity contribution in [3.63, 3.8) is 0 Å². The van der Waals surface area contributed by atoms with E-state index in [0.29, 0.717) is 6.04 Å². The molecular formula is C14H19BrN4O. The molecule has 2 saturated heterocycles. The second kappa shape index (κ2) is 5.61. The minimum atomic E-state index is 0.0816. The van der Waals surface area contributed by atoms with Gasteiger partial charge in [0.05, 0.1) is 11.7 Å². The first kappa shape index (κ1) is 13.7. The number of hydrogen-bond acceptors (Lipinski definition) is 3. The van der Waals surface area contributed by atoms with Crippen molar-refractivity contribution in [2.75, 3.05) is 38.1 Å². The zero-order valence-corrected chi connectivity index (χ0v) is 13.1. The van der Waals surface area contributed by atoms with Crippen molar-refractivity contribution >= 4 is 27.6 Å². The van der Waals surface area contributed by atoms with Crippen molar-refractivity contribution < 1.29 is 4.79 Å². The van der Waals surface area contributed by atoms with Crippen molar-refractivity contribution in [2.45, 2.75) is 12.6 Å². The maximum absolute atomic E-state index is 11.6. The van der Waals surface area contributed by atoms with Gasteiger partial charge in [-0.2, -0.15) is 0 Å². The van der Waals surface area contributed by atoms with Gasteiger partial charge in [0.25, 0.3) is 0 Å². The van der Waals surface area contributed by atoms with E-state index in [1.807, 2.05) is 11.9 Å². The lowest BCUT2D eigenvalue weighted by Gasteiger charge is -2.38. The van der Waals surface area contributed by atoms with E-state index in [1.165, 1.54) is 11.3 Å². The van der Waals surface area contributed by atoms with Crippen LogP contribution in [-0.4, -0.2) is 50.2 Å². The third-order valence-corrected chi connectivity index (χ3v) is 4.60. The summed E-state index contributed by atoms with van der Waals surface area (Å²) in [5.74, 6) is 0. The summed E-state index contributed by atoms with van der Waals surface area (Å²) in [6.07, 6.45) is 0. The average Bonchev–Trinajstić information content (AvgIpc) is 2.80. The monoisotopic (exact) mass is 338 g/mol. The van der Waals surface area contributed by atoms with Crippen molar-refractivity contribution in [3.8, 4) is 0 Å². The smallest absolute Gasteiger partial charge is 0.317 e. The number of hydrogen-bond donors (Lipinski definition) is 2. The van der Waals surface area contributed by atoms with Crippen molar-refractivity contribution in [2.24, 2.45) is 0 Å². The van der Waals surface area contributed by atoms with Crippen molar-refractivity contribution in [3.05, 3.63) is 28.2 Å². The number of carbonyl (C=O) groups excluding carboxylic acids is 1. The summed E-state index contributed by atoms with van der Waals surface area (Å²) in [6.45, 7) is 4.19. The second-order valence-corrected chi connectivity index (χ2v) is 6.15. The van der Waals surface area contributed by atoms with Crippen LogP contribution in [-0.2, 0) is 6.54 Å². The van der Waals surface area contributed by atoms with Gasteiger partial charge in [-0.1, -0.05) is 6.07 Å². The Morgan fingerprint density at radius 3 is 3.05 bits per heavy atom. The van der Waals surface area contributed by atoms with Crippen LogP contribution in [0.25, 0.3) is 0 Å². The van der Waals surface area contributed by atoms with Gasteiger partial charge in [-0.25, -0.2) is 4.79 Å². The highest BCUT2D eigenvalue weighted by Crippen LogP contribution is 2.29. The van der Waals surface area contributed by atoms with E-state index in [2.05, 4.69) is 49.7 Å². The lowest BCUT2D eigenvalue weighted by Crippen LogP contribution is -2.52. The van der Waals surface area contributed by atoms with Crippen molar-refractivity contribution in [1.82, 2.24) is 15.5 Å². The lowest BCUT2D eigenvalue weighted by atomic mass is 10.1. The molecule has 1 aromatic carbocycles. The van der Waals surface area contributed by atoms with Crippen LogP contribution in [0.3, 0.4) is 0 Å². The summed E-state index contributed by atoms with van der Waals surface area (Å²) in [7, 11) is 1.95. The zero-order chi connectivity index (χ0) is 14.1. The number of anilines is 1. The Morgan fingerprint density at radius 2 is 2.30 bits per heavy atom. The fraction of sp³-hybridized carbons (Fsp3) is 0.500.